The Hall–Kier alpha value is -4.81. The topological polar surface area (TPSA) is 127 Å². The van der Waals surface area contributed by atoms with E-state index < -0.39 is 5.82 Å². The summed E-state index contributed by atoms with van der Waals surface area (Å²) in [6.45, 7) is 6.08. The number of hydrogen-bond acceptors (Lipinski definition) is 8. The molecule has 1 saturated heterocycles. The van der Waals surface area contributed by atoms with Gasteiger partial charge in [-0.05, 0) is 44.5 Å². The van der Waals surface area contributed by atoms with Gasteiger partial charge in [-0.1, -0.05) is 30.3 Å². The maximum absolute atomic E-state index is 15.1. The van der Waals surface area contributed by atoms with Crippen molar-refractivity contribution >= 4 is 28.4 Å². The molecule has 234 valence electrons. The first kappa shape index (κ1) is 30.2. The SMILES string of the molecule is Cc1nn(C)cc1Nc1ncc(F)c(-c2c[nH]c3c(CC[C@H](CNC(=O)c4ccccc4O)N4CCN(C)CC4)cccc23)n1. The second kappa shape index (κ2) is 13.0. The van der Waals surface area contributed by atoms with Crippen LogP contribution in [0.2, 0.25) is 0 Å². The van der Waals surface area contributed by atoms with E-state index in [1.165, 1.54) is 12.3 Å². The predicted octanol–water partition coefficient (Wildman–Crippen LogP) is 4.23. The van der Waals surface area contributed by atoms with Crippen LogP contribution in [0, 0.1) is 12.7 Å². The molecule has 1 fully saturated rings. The van der Waals surface area contributed by atoms with E-state index in [0.717, 1.165) is 66.9 Å². The third kappa shape index (κ3) is 6.66. The van der Waals surface area contributed by atoms with E-state index in [-0.39, 0.29) is 34.9 Å². The second-order valence-corrected chi connectivity index (χ2v) is 11.6. The van der Waals surface area contributed by atoms with Crippen molar-refractivity contribution < 1.29 is 14.3 Å². The molecule has 6 rings (SSSR count). The van der Waals surface area contributed by atoms with Crippen LogP contribution in [-0.2, 0) is 13.5 Å². The van der Waals surface area contributed by atoms with Gasteiger partial charge in [0.25, 0.3) is 5.91 Å². The maximum atomic E-state index is 15.1. The molecule has 0 spiro atoms. The Morgan fingerprint density at radius 3 is 2.67 bits per heavy atom. The fourth-order valence-corrected chi connectivity index (χ4v) is 5.97. The Morgan fingerprint density at radius 2 is 1.91 bits per heavy atom. The molecule has 3 aromatic heterocycles. The molecular weight excluding hydrogens is 573 g/mol. The van der Waals surface area contributed by atoms with E-state index in [2.05, 4.69) is 53.6 Å². The van der Waals surface area contributed by atoms with Crippen LogP contribution in [0.1, 0.15) is 28.0 Å². The number of halogens is 1. The van der Waals surface area contributed by atoms with Crippen molar-refractivity contribution in [1.29, 1.82) is 0 Å². The van der Waals surface area contributed by atoms with E-state index in [1.54, 1.807) is 29.1 Å². The summed E-state index contributed by atoms with van der Waals surface area (Å²) < 4.78 is 16.8. The van der Waals surface area contributed by atoms with Gasteiger partial charge in [0.2, 0.25) is 5.95 Å². The number of nitrogens with zero attached hydrogens (tertiary/aromatic N) is 6. The third-order valence-corrected chi connectivity index (χ3v) is 8.51. The molecule has 1 aliphatic rings. The fourth-order valence-electron chi connectivity index (χ4n) is 5.97. The average molecular weight is 612 g/mol. The monoisotopic (exact) mass is 611 g/mol. The summed E-state index contributed by atoms with van der Waals surface area (Å²) >= 11 is 0. The number of para-hydroxylation sites is 2. The fraction of sp³-hybridized carbons (Fsp3) is 0.333. The zero-order valence-corrected chi connectivity index (χ0v) is 25.7. The van der Waals surface area contributed by atoms with Crippen molar-refractivity contribution in [3.63, 3.8) is 0 Å². The van der Waals surface area contributed by atoms with E-state index in [4.69, 9.17) is 0 Å². The zero-order chi connectivity index (χ0) is 31.5. The number of benzene rings is 2. The average Bonchev–Trinajstić information content (AvgIpc) is 3.60. The van der Waals surface area contributed by atoms with E-state index in [1.807, 2.05) is 32.3 Å². The molecule has 0 bridgehead atoms. The number of H-pyrrole nitrogens is 1. The molecular formula is C33H38FN9O2. The normalized spacial score (nSPS) is 14.9. The molecule has 2 aromatic carbocycles. The smallest absolute Gasteiger partial charge is 0.255 e. The molecule has 1 atom stereocenters. The highest BCUT2D eigenvalue weighted by atomic mass is 19.1. The van der Waals surface area contributed by atoms with Gasteiger partial charge in [0.1, 0.15) is 11.4 Å². The first-order chi connectivity index (χ1) is 21.8. The van der Waals surface area contributed by atoms with Crippen LogP contribution in [0.4, 0.5) is 16.0 Å². The number of amides is 1. The van der Waals surface area contributed by atoms with E-state index >= 15 is 4.39 Å². The molecule has 12 heteroatoms. The van der Waals surface area contributed by atoms with Gasteiger partial charge in [0.05, 0.1) is 23.1 Å². The van der Waals surface area contributed by atoms with Crippen LogP contribution in [0.3, 0.4) is 0 Å². The first-order valence-electron chi connectivity index (χ1n) is 15.1. The van der Waals surface area contributed by atoms with Crippen molar-refractivity contribution in [2.24, 2.45) is 7.05 Å². The highest BCUT2D eigenvalue weighted by Gasteiger charge is 2.24. The summed E-state index contributed by atoms with van der Waals surface area (Å²) in [5.74, 6) is -0.544. The molecule has 5 aromatic rings. The number of likely N-dealkylation sites (N-methyl/N-ethyl adjacent to an activating group) is 1. The third-order valence-electron chi connectivity index (χ3n) is 8.51. The lowest BCUT2D eigenvalue weighted by molar-refractivity contribution is 0.0872. The number of rotatable bonds is 10. The summed E-state index contributed by atoms with van der Waals surface area (Å²) in [5, 5.41) is 21.6. The number of carbonyl (C=O) groups is 1. The number of aromatic hydroxyl groups is 1. The number of fused-ring (bicyclic) bond motifs is 1. The van der Waals surface area contributed by atoms with Gasteiger partial charge in [-0.25, -0.2) is 14.4 Å². The van der Waals surface area contributed by atoms with Crippen LogP contribution >= 0.6 is 0 Å². The highest BCUT2D eigenvalue weighted by molar-refractivity contribution is 5.97. The molecule has 1 amide bonds. The van der Waals surface area contributed by atoms with Crippen LogP contribution in [0.25, 0.3) is 22.2 Å². The summed E-state index contributed by atoms with van der Waals surface area (Å²) in [6, 6.07) is 12.7. The number of carbonyl (C=O) groups excluding carboxylic acids is 1. The Bertz CT molecular complexity index is 1810. The summed E-state index contributed by atoms with van der Waals surface area (Å²) in [5.41, 5.74) is 4.70. The molecule has 45 heavy (non-hydrogen) atoms. The van der Waals surface area contributed by atoms with Crippen LogP contribution < -0.4 is 10.6 Å². The maximum Gasteiger partial charge on any atom is 0.255 e. The number of aromatic amines is 1. The van der Waals surface area contributed by atoms with Crippen LogP contribution in [0.5, 0.6) is 5.75 Å². The van der Waals surface area contributed by atoms with Crippen molar-refractivity contribution in [1.82, 2.24) is 39.8 Å². The molecule has 0 saturated carbocycles. The molecule has 0 aliphatic carbocycles. The second-order valence-electron chi connectivity index (χ2n) is 11.6. The minimum absolute atomic E-state index is 0.0319. The lowest BCUT2D eigenvalue weighted by Crippen LogP contribution is -2.52. The standard InChI is InChI=1S/C33H38FN9O2/c1-21-28(20-42(3)40-21)38-33-37-19-27(34)31(39-33)26-18-35-30-22(7-6-9-24(26)30)11-12-23(43-15-13-41(2)14-16-43)17-36-32(45)25-8-4-5-10-29(25)44/h4-10,18-20,23,35,44H,11-17H2,1-3H3,(H,36,45)(H,37,38,39)/t23-/m1/s1. The minimum Gasteiger partial charge on any atom is -0.507 e. The number of aromatic nitrogens is 5. The molecule has 11 nitrogen and oxygen atoms in total. The number of nitrogens with one attached hydrogen (secondary N) is 3. The Morgan fingerprint density at radius 1 is 1.11 bits per heavy atom. The van der Waals surface area contributed by atoms with Gasteiger partial charge >= 0.3 is 0 Å². The van der Waals surface area contributed by atoms with Gasteiger partial charge in [0.15, 0.2) is 5.82 Å². The number of hydrogen-bond donors (Lipinski definition) is 4. The van der Waals surface area contributed by atoms with Gasteiger partial charge in [0, 0.05) is 74.7 Å². The molecule has 4 heterocycles. The number of phenolic OH excluding ortho intramolecular Hbond substituents is 1. The van der Waals surface area contributed by atoms with Gasteiger partial charge in [-0.3, -0.25) is 14.4 Å². The molecule has 1 aliphatic heterocycles. The van der Waals surface area contributed by atoms with Gasteiger partial charge in [-0.15, -0.1) is 0 Å². The largest absolute Gasteiger partial charge is 0.507 e. The molecule has 0 radical (unpaired) electrons. The summed E-state index contributed by atoms with van der Waals surface area (Å²) in [4.78, 5) is 29.7. The number of piperazine rings is 1. The zero-order valence-electron chi connectivity index (χ0n) is 25.7. The minimum atomic E-state index is -0.509. The van der Waals surface area contributed by atoms with Gasteiger partial charge in [-0.2, -0.15) is 5.10 Å². The Kier molecular flexibility index (Phi) is 8.76. The molecule has 0 unspecified atom stereocenters. The Balaban J connectivity index is 1.21. The number of aryl methyl sites for hydroxylation is 3. The highest BCUT2D eigenvalue weighted by Crippen LogP contribution is 2.32. The van der Waals surface area contributed by atoms with Crippen molar-refractivity contribution in [2.45, 2.75) is 25.8 Å². The summed E-state index contributed by atoms with van der Waals surface area (Å²) in [7, 11) is 3.95. The van der Waals surface area contributed by atoms with Crippen molar-refractivity contribution in [2.75, 3.05) is 45.1 Å². The Labute approximate surface area is 261 Å². The van der Waals surface area contributed by atoms with E-state index in [9.17, 15) is 9.90 Å². The first-order valence-corrected chi connectivity index (χ1v) is 15.1. The van der Waals surface area contributed by atoms with Crippen molar-refractivity contribution in [3.8, 4) is 17.0 Å². The lowest BCUT2D eigenvalue weighted by Gasteiger charge is -2.38. The van der Waals surface area contributed by atoms with Crippen LogP contribution in [-0.4, -0.2) is 91.4 Å². The lowest BCUT2D eigenvalue weighted by atomic mass is 10.00. The molecule has 4 N–H and O–H groups in total. The van der Waals surface area contributed by atoms with Gasteiger partial charge < -0.3 is 25.6 Å². The van der Waals surface area contributed by atoms with E-state index in [0.29, 0.717) is 12.1 Å². The summed E-state index contributed by atoms with van der Waals surface area (Å²) in [6.07, 6.45) is 6.36. The van der Waals surface area contributed by atoms with Crippen LogP contribution in [0.15, 0.2) is 61.1 Å². The number of anilines is 2. The van der Waals surface area contributed by atoms with Crippen molar-refractivity contribution in [3.05, 3.63) is 83.7 Å². The quantitative estimate of drug-likeness (QED) is 0.185. The number of phenols is 1. The predicted molar refractivity (Wildman–Crippen MR) is 172 cm³/mol.